The predicted molar refractivity (Wildman–Crippen MR) is 258 cm³/mol. The van der Waals surface area contributed by atoms with Gasteiger partial charge < -0.3 is 20.8 Å². The minimum Gasteiger partial charge on any atom is -0.505 e. The van der Waals surface area contributed by atoms with E-state index in [2.05, 4.69) is 79.7 Å². The highest BCUT2D eigenvalue weighted by Crippen LogP contribution is 2.49. The third-order valence-corrected chi connectivity index (χ3v) is 13.0. The van der Waals surface area contributed by atoms with Crippen molar-refractivity contribution in [1.29, 1.82) is 0 Å². The number of rotatable bonds is 18. The van der Waals surface area contributed by atoms with Crippen LogP contribution in [0.5, 0.6) is 11.5 Å². The summed E-state index contributed by atoms with van der Waals surface area (Å²) in [5.41, 5.74) is -1.35. The molecule has 28 nitrogen and oxygen atoms in total. The van der Waals surface area contributed by atoms with Gasteiger partial charge in [-0.05, 0) is 84.3 Å². The highest BCUT2D eigenvalue weighted by molar-refractivity contribution is 7.95. The van der Waals surface area contributed by atoms with Gasteiger partial charge in [0.05, 0.1) is 63.0 Å². The summed E-state index contributed by atoms with van der Waals surface area (Å²) in [7, 11) is -10.0. The van der Waals surface area contributed by atoms with Crippen molar-refractivity contribution in [1.82, 2.24) is 29.9 Å². The molecule has 0 amide bonds. The summed E-state index contributed by atoms with van der Waals surface area (Å²) in [6, 6.07) is 20.2. The van der Waals surface area contributed by atoms with Crippen LogP contribution >= 0.6 is 24.1 Å². The first-order chi connectivity index (χ1) is 34.8. The van der Waals surface area contributed by atoms with E-state index in [1.807, 2.05) is 0 Å². The zero-order valence-electron chi connectivity index (χ0n) is 36.8. The Labute approximate surface area is 416 Å². The fourth-order valence-electron chi connectivity index (χ4n) is 6.97. The van der Waals surface area contributed by atoms with Crippen LogP contribution in [0.25, 0.3) is 21.5 Å². The molecular weight excluding hydrogens is 1040 g/mol. The van der Waals surface area contributed by atoms with E-state index in [1.54, 1.807) is 62.4 Å². The van der Waals surface area contributed by atoms with E-state index >= 15 is 0 Å². The van der Waals surface area contributed by atoms with Gasteiger partial charge in [0.1, 0.15) is 27.9 Å². The minimum atomic E-state index is -5.08. The Hall–Kier alpha value is -7.86. The summed E-state index contributed by atoms with van der Waals surface area (Å²) in [6.45, 7) is 3.46. The Kier molecular flexibility index (Phi) is 15.1. The summed E-state index contributed by atoms with van der Waals surface area (Å²) in [5, 5.41) is 70.0. The van der Waals surface area contributed by atoms with Crippen molar-refractivity contribution < 1.29 is 65.4 Å². The number of aromatic amines is 2. The maximum Gasteiger partial charge on any atom is 0.349 e. The van der Waals surface area contributed by atoms with Gasteiger partial charge in [-0.1, -0.05) is 46.5 Å². The molecule has 8 rings (SSSR count). The molecule has 8 aromatic rings. The molecule has 0 atom stereocenters. The minimum absolute atomic E-state index is 0.0597. The number of hydrogen-bond acceptors (Lipinski definition) is 26. The molecule has 2 aromatic heterocycles. The molecule has 6 aromatic carbocycles. The number of aryl methyl sites for hydroxylation is 2. The molecule has 0 aliphatic carbocycles. The van der Waals surface area contributed by atoms with Gasteiger partial charge in [-0.2, -0.15) is 47.0 Å². The van der Waals surface area contributed by atoms with Crippen molar-refractivity contribution in [2.45, 2.75) is 39.9 Å². The molecule has 2 heterocycles. The zero-order chi connectivity index (χ0) is 52.2. The Morgan fingerprint density at radius 1 is 0.616 bits per heavy atom. The van der Waals surface area contributed by atoms with Gasteiger partial charge in [0, 0.05) is 15.7 Å². The second kappa shape index (κ2) is 21.5. The van der Waals surface area contributed by atoms with E-state index in [0.29, 0.717) is 46.6 Å². The zero-order valence-corrected chi connectivity index (χ0v) is 40.0. The summed E-state index contributed by atoms with van der Waals surface area (Å²) in [4.78, 5) is 45.6. The van der Waals surface area contributed by atoms with Crippen molar-refractivity contribution in [3.8, 4) is 11.5 Å². The van der Waals surface area contributed by atoms with E-state index in [1.165, 1.54) is 18.2 Å². The molecule has 32 heteroatoms. The van der Waals surface area contributed by atoms with Gasteiger partial charge in [0.15, 0.2) is 11.5 Å². The Morgan fingerprint density at radius 3 is 1.66 bits per heavy atom. The number of H-pyrrole nitrogens is 2. The number of hydrogen-bond donors (Lipinski definition) is 10. The molecular formula is C41H32N12O16S4. The second-order valence-corrected chi connectivity index (χ2v) is 19.3. The largest absolute Gasteiger partial charge is 0.505 e. The summed E-state index contributed by atoms with van der Waals surface area (Å²) >= 11 is 0.777. The number of aromatic hydroxyl groups is 2. The summed E-state index contributed by atoms with van der Waals surface area (Å²) in [6.07, 6.45) is -0.475. The third kappa shape index (κ3) is 11.9. The number of nitrogens with one attached hydrogen (secondary N) is 4. The van der Waals surface area contributed by atoms with Gasteiger partial charge >= 0.3 is 11.4 Å². The van der Waals surface area contributed by atoms with Crippen LogP contribution in [0, 0.1) is 13.8 Å². The molecule has 0 unspecified atom stereocenters. The molecule has 0 aliphatic heterocycles. The number of phenolic OH excluding ortho intramolecular Hbond substituents is 2. The van der Waals surface area contributed by atoms with Crippen molar-refractivity contribution in [2.75, 3.05) is 10.6 Å². The summed E-state index contributed by atoms with van der Waals surface area (Å²) < 4.78 is 79.7. The van der Waals surface area contributed by atoms with Gasteiger partial charge in [-0.3, -0.25) is 19.1 Å². The van der Waals surface area contributed by atoms with Gasteiger partial charge in [-0.25, -0.2) is 20.1 Å². The number of nitrogens with zero attached hydrogens (tertiary/aromatic N) is 8. The van der Waals surface area contributed by atoms with Crippen LogP contribution in [0.2, 0.25) is 0 Å². The van der Waals surface area contributed by atoms with Crippen LogP contribution in [-0.4, -0.2) is 76.6 Å². The first-order valence-corrected chi connectivity index (χ1v) is 24.5. The normalized spacial score (nSPS) is 12.1. The van der Waals surface area contributed by atoms with Gasteiger partial charge in [0.2, 0.25) is 11.9 Å². The van der Waals surface area contributed by atoms with Crippen molar-refractivity contribution >= 4 is 112 Å². The lowest BCUT2D eigenvalue weighted by atomic mass is 10.1. The average molecular weight is 1080 g/mol. The lowest BCUT2D eigenvalue weighted by Gasteiger charge is -2.15. The van der Waals surface area contributed by atoms with Crippen molar-refractivity contribution in [3.05, 3.63) is 129 Å². The van der Waals surface area contributed by atoms with Crippen LogP contribution in [0.15, 0.2) is 135 Å². The van der Waals surface area contributed by atoms with E-state index in [0.717, 1.165) is 18.2 Å². The standard InChI is InChI=1S/C41H32N12O16S4/c1-18-7-3-5-9-24(18)50-52-34-28(71-69-67-59)13-21-12-23(72(60,61)62)16-27(33(21)36(34)54)43-39-45-31(47-41(57)49-39)17-30-44-38(48-40(56)46-30)42-26-15-22(70-68-66-58)11-20-14-29(73(63,64)65)35(37(55)32(20)26)53-51-25-10-6-4-8-19(25)2/h3-16,54-55,58-59H,17H2,1-2H3,(H,60,61,62)(H,63,64,65)(H2,42,44,46,48,56)(H2,43,45,47,49,57). The second-order valence-electron chi connectivity index (χ2n) is 14.9. The molecule has 0 saturated heterocycles. The molecule has 0 fully saturated rings. The Morgan fingerprint density at radius 2 is 1.12 bits per heavy atom. The van der Waals surface area contributed by atoms with Crippen LogP contribution < -0.4 is 22.0 Å². The first kappa shape index (κ1) is 51.5. The highest BCUT2D eigenvalue weighted by Gasteiger charge is 2.26. The number of azo groups is 2. The molecule has 376 valence electrons. The maximum absolute atomic E-state index is 13.0. The number of phenols is 2. The van der Waals surface area contributed by atoms with Crippen LogP contribution in [0.3, 0.4) is 0 Å². The van der Waals surface area contributed by atoms with E-state index in [-0.39, 0.29) is 60.0 Å². The molecule has 0 bridgehead atoms. The smallest absolute Gasteiger partial charge is 0.349 e. The number of anilines is 4. The fraction of sp³-hybridized carbons (Fsp3) is 0.0732. The lowest BCUT2D eigenvalue weighted by Crippen LogP contribution is -2.21. The highest BCUT2D eigenvalue weighted by atomic mass is 32.2. The molecule has 0 spiro atoms. The average Bonchev–Trinajstić information content (AvgIpc) is 3.31. The molecule has 10 N–H and O–H groups in total. The number of benzene rings is 6. The maximum atomic E-state index is 13.0. The number of aromatic nitrogens is 6. The lowest BCUT2D eigenvalue weighted by molar-refractivity contribution is -0.432. The SMILES string of the molecule is Cc1ccccc1N=Nc1c(SOOO)cc2cc(S(=O)(=O)O)cc(Nc3nc(Cc4nc(Nc5cc(SOOO)cc6cc(S(=O)(=O)O)c(N=Nc7ccccc7C)c(O)c56)nc(=O)[nH]4)[nH]c(=O)n3)c2c1O. The van der Waals surface area contributed by atoms with Gasteiger partial charge in [0.25, 0.3) is 20.2 Å². The third-order valence-electron chi connectivity index (χ3n) is 10.1. The van der Waals surface area contributed by atoms with Gasteiger partial charge in [-0.15, -0.1) is 18.9 Å². The first-order valence-electron chi connectivity index (χ1n) is 20.1. The Balaban J connectivity index is 1.18. The molecule has 0 aliphatic rings. The van der Waals surface area contributed by atoms with Crippen LogP contribution in [-0.2, 0) is 45.4 Å². The van der Waals surface area contributed by atoms with Crippen LogP contribution in [0.4, 0.5) is 46.0 Å². The van der Waals surface area contributed by atoms with Crippen molar-refractivity contribution in [2.24, 2.45) is 20.5 Å². The Bertz CT molecular complexity index is 3900. The summed E-state index contributed by atoms with van der Waals surface area (Å²) in [5.74, 6) is -2.86. The van der Waals surface area contributed by atoms with Crippen molar-refractivity contribution in [3.63, 3.8) is 0 Å². The fourth-order valence-corrected chi connectivity index (χ4v) is 9.11. The molecule has 0 saturated carbocycles. The van der Waals surface area contributed by atoms with E-state index in [4.69, 9.17) is 10.5 Å². The van der Waals surface area contributed by atoms with E-state index < -0.39 is 76.9 Å². The molecule has 0 radical (unpaired) electrons. The monoisotopic (exact) mass is 1080 g/mol. The van der Waals surface area contributed by atoms with E-state index in [9.17, 15) is 45.7 Å². The quantitative estimate of drug-likeness (QED) is 0.0127. The number of fused-ring (bicyclic) bond motifs is 2. The topological polar surface area (TPSA) is 417 Å². The van der Waals surface area contributed by atoms with Crippen LogP contribution in [0.1, 0.15) is 22.8 Å². The predicted octanol–water partition coefficient (Wildman–Crippen LogP) is 8.24. The molecule has 73 heavy (non-hydrogen) atoms.